The normalized spacial score (nSPS) is 16.2. The van der Waals surface area contributed by atoms with Crippen LogP contribution < -0.4 is 10.9 Å². The molecule has 0 aromatic carbocycles. The molecular weight excluding hydrogens is 220 g/mol. The largest absolute Gasteiger partial charge is 0.340 e. The van der Waals surface area contributed by atoms with E-state index in [9.17, 15) is 9.59 Å². The summed E-state index contributed by atoms with van der Waals surface area (Å²) in [6.07, 6.45) is 0.375. The highest BCUT2D eigenvalue weighted by molar-refractivity contribution is 5.76. The minimum atomic E-state index is -0.0735. The van der Waals surface area contributed by atoms with E-state index in [1.54, 1.807) is 0 Å². The highest BCUT2D eigenvalue weighted by Crippen LogP contribution is 1.98. The molecule has 0 spiro atoms. The molecule has 1 aromatic rings. The van der Waals surface area contributed by atoms with Gasteiger partial charge in [0.1, 0.15) is 0 Å². The number of carbonyl (C=O) groups excluding carboxylic acids is 1. The van der Waals surface area contributed by atoms with Gasteiger partial charge in [0, 0.05) is 44.4 Å². The van der Waals surface area contributed by atoms with Crippen molar-refractivity contribution in [2.24, 2.45) is 0 Å². The van der Waals surface area contributed by atoms with Gasteiger partial charge < -0.3 is 10.2 Å². The summed E-state index contributed by atoms with van der Waals surface area (Å²) in [6, 6.07) is 1.54. The Bertz CT molecular complexity index is 443. The van der Waals surface area contributed by atoms with Crippen LogP contribution in [0.25, 0.3) is 0 Å². The third kappa shape index (κ3) is 2.97. The Morgan fingerprint density at radius 3 is 2.71 bits per heavy atom. The maximum absolute atomic E-state index is 11.9. The number of H-pyrrole nitrogens is 1. The molecule has 1 aliphatic rings. The molecule has 0 radical (unpaired) electrons. The molecule has 2 rings (SSSR count). The first-order valence-electron chi connectivity index (χ1n) is 5.92. The van der Waals surface area contributed by atoms with Gasteiger partial charge in [-0.1, -0.05) is 0 Å². The van der Waals surface area contributed by atoms with Crippen molar-refractivity contribution in [3.05, 3.63) is 22.1 Å². The van der Waals surface area contributed by atoms with Gasteiger partial charge in [0.2, 0.25) is 5.91 Å². The second-order valence-corrected chi connectivity index (χ2v) is 4.31. The van der Waals surface area contributed by atoms with E-state index >= 15 is 0 Å². The fourth-order valence-electron chi connectivity index (χ4n) is 2.01. The molecule has 0 saturated carbocycles. The zero-order valence-corrected chi connectivity index (χ0v) is 10.0. The molecule has 2 heterocycles. The number of carbonyl (C=O) groups is 1. The molecule has 0 bridgehead atoms. The number of amides is 1. The number of nitrogens with zero attached hydrogens (tertiary/aromatic N) is 2. The van der Waals surface area contributed by atoms with Gasteiger partial charge in [-0.05, 0) is 6.92 Å². The summed E-state index contributed by atoms with van der Waals surface area (Å²) in [5.41, 5.74) is 0.750. The molecule has 1 aliphatic heterocycles. The van der Waals surface area contributed by atoms with Crippen molar-refractivity contribution >= 4 is 5.91 Å². The van der Waals surface area contributed by atoms with Crippen LogP contribution in [0.1, 0.15) is 12.1 Å². The summed E-state index contributed by atoms with van der Waals surface area (Å²) < 4.78 is 1.48. The van der Waals surface area contributed by atoms with Crippen LogP contribution in [0.2, 0.25) is 0 Å². The number of aromatic nitrogens is 2. The first kappa shape index (κ1) is 11.9. The van der Waals surface area contributed by atoms with Crippen molar-refractivity contribution in [2.45, 2.75) is 19.9 Å². The van der Waals surface area contributed by atoms with Crippen LogP contribution in [0.5, 0.6) is 0 Å². The van der Waals surface area contributed by atoms with E-state index in [2.05, 4.69) is 10.4 Å². The Morgan fingerprint density at radius 2 is 2.12 bits per heavy atom. The third-order valence-electron chi connectivity index (χ3n) is 2.94. The fraction of sp³-hybridized carbons (Fsp3) is 0.636. The second-order valence-electron chi connectivity index (χ2n) is 4.31. The molecule has 6 heteroatoms. The second kappa shape index (κ2) is 5.18. The number of nitrogens with one attached hydrogen (secondary N) is 2. The van der Waals surface area contributed by atoms with Crippen LogP contribution in [0.4, 0.5) is 0 Å². The molecule has 0 aliphatic carbocycles. The van der Waals surface area contributed by atoms with Crippen LogP contribution in [0, 0.1) is 6.92 Å². The van der Waals surface area contributed by atoms with Gasteiger partial charge in [0.15, 0.2) is 0 Å². The van der Waals surface area contributed by atoms with Gasteiger partial charge in [-0.3, -0.25) is 19.4 Å². The number of hydrogen-bond acceptors (Lipinski definition) is 3. The molecule has 0 unspecified atom stereocenters. The predicted octanol–water partition coefficient (Wildman–Crippen LogP) is -0.693. The Balaban J connectivity index is 1.87. The molecule has 2 N–H and O–H groups in total. The maximum atomic E-state index is 11.9. The van der Waals surface area contributed by atoms with Crippen LogP contribution >= 0.6 is 0 Å². The first-order chi connectivity index (χ1) is 8.16. The van der Waals surface area contributed by atoms with E-state index in [1.165, 1.54) is 10.7 Å². The zero-order chi connectivity index (χ0) is 12.3. The van der Waals surface area contributed by atoms with E-state index in [4.69, 9.17) is 0 Å². The molecule has 0 atom stereocenters. The lowest BCUT2D eigenvalue weighted by atomic mass is 10.3. The Labute approximate surface area is 99.6 Å². The van der Waals surface area contributed by atoms with Crippen molar-refractivity contribution in [3.63, 3.8) is 0 Å². The summed E-state index contributed by atoms with van der Waals surface area (Å²) in [6.45, 7) is 5.49. The van der Waals surface area contributed by atoms with Crippen LogP contribution in [-0.4, -0.2) is 46.8 Å². The third-order valence-corrected chi connectivity index (χ3v) is 2.94. The lowest BCUT2D eigenvalue weighted by Gasteiger charge is -2.27. The average molecular weight is 238 g/mol. The van der Waals surface area contributed by atoms with Crippen molar-refractivity contribution < 1.29 is 4.79 Å². The number of aromatic amines is 1. The van der Waals surface area contributed by atoms with Gasteiger partial charge in [-0.15, -0.1) is 0 Å². The molecule has 1 amide bonds. The number of rotatable bonds is 3. The van der Waals surface area contributed by atoms with Crippen LogP contribution in [0.3, 0.4) is 0 Å². The smallest absolute Gasteiger partial charge is 0.266 e. The van der Waals surface area contributed by atoms with E-state index < -0.39 is 0 Å². The summed E-state index contributed by atoms with van der Waals surface area (Å²) >= 11 is 0. The van der Waals surface area contributed by atoms with Crippen molar-refractivity contribution in [2.75, 3.05) is 26.2 Å². The van der Waals surface area contributed by atoms with Crippen LogP contribution in [0.15, 0.2) is 10.9 Å². The van der Waals surface area contributed by atoms with Crippen molar-refractivity contribution in [1.82, 2.24) is 20.0 Å². The van der Waals surface area contributed by atoms with Crippen LogP contribution in [-0.2, 0) is 11.3 Å². The molecule has 1 saturated heterocycles. The SMILES string of the molecule is Cc1cc(=O)n(CCC(=O)N2CCNCC2)[nH]1. The summed E-state index contributed by atoms with van der Waals surface area (Å²) in [7, 11) is 0. The van der Waals surface area contributed by atoms with Crippen molar-refractivity contribution in [3.8, 4) is 0 Å². The van der Waals surface area contributed by atoms with E-state index in [-0.39, 0.29) is 11.5 Å². The fourth-order valence-corrected chi connectivity index (χ4v) is 2.01. The van der Waals surface area contributed by atoms with E-state index in [0.717, 1.165) is 31.9 Å². The number of hydrogen-bond donors (Lipinski definition) is 2. The summed E-state index contributed by atoms with van der Waals surface area (Å²) in [5.74, 6) is 0.116. The topological polar surface area (TPSA) is 70.1 Å². The molecule has 1 aromatic heterocycles. The van der Waals surface area contributed by atoms with Gasteiger partial charge in [0.05, 0.1) is 6.54 Å². The van der Waals surface area contributed by atoms with Gasteiger partial charge in [-0.25, -0.2) is 0 Å². The van der Waals surface area contributed by atoms with Gasteiger partial charge >= 0.3 is 0 Å². The molecule has 1 fully saturated rings. The minimum Gasteiger partial charge on any atom is -0.340 e. The summed E-state index contributed by atoms with van der Waals surface area (Å²) in [4.78, 5) is 25.1. The molecule has 94 valence electrons. The highest BCUT2D eigenvalue weighted by atomic mass is 16.2. The minimum absolute atomic E-state index is 0.0735. The number of piperazine rings is 1. The highest BCUT2D eigenvalue weighted by Gasteiger charge is 2.15. The quantitative estimate of drug-likeness (QED) is 0.732. The number of aryl methyl sites for hydroxylation is 2. The zero-order valence-electron chi connectivity index (χ0n) is 10.0. The summed E-state index contributed by atoms with van der Waals surface area (Å²) in [5, 5.41) is 6.12. The van der Waals surface area contributed by atoms with Crippen molar-refractivity contribution in [1.29, 1.82) is 0 Å². The Kier molecular flexibility index (Phi) is 3.63. The van der Waals surface area contributed by atoms with E-state index in [1.807, 2.05) is 11.8 Å². The molecule has 6 nitrogen and oxygen atoms in total. The standard InChI is InChI=1S/C11H18N4O2/c1-9-8-11(17)15(13-9)5-2-10(16)14-6-3-12-4-7-14/h8,12-13H,2-7H2,1H3. The molecular formula is C11H18N4O2. The first-order valence-corrected chi connectivity index (χ1v) is 5.92. The van der Waals surface area contributed by atoms with Gasteiger partial charge in [-0.2, -0.15) is 0 Å². The Morgan fingerprint density at radius 1 is 1.41 bits per heavy atom. The monoisotopic (exact) mass is 238 g/mol. The molecule has 17 heavy (non-hydrogen) atoms. The average Bonchev–Trinajstić information content (AvgIpc) is 2.66. The van der Waals surface area contributed by atoms with Gasteiger partial charge in [0.25, 0.3) is 5.56 Å². The Hall–Kier alpha value is -1.56. The lowest BCUT2D eigenvalue weighted by Crippen LogP contribution is -2.46. The van der Waals surface area contributed by atoms with E-state index in [0.29, 0.717) is 13.0 Å². The maximum Gasteiger partial charge on any atom is 0.266 e. The predicted molar refractivity (Wildman–Crippen MR) is 63.9 cm³/mol. The lowest BCUT2D eigenvalue weighted by molar-refractivity contribution is -0.132.